The van der Waals surface area contributed by atoms with Crippen LogP contribution < -0.4 is 0 Å². The average Bonchev–Trinajstić information content (AvgIpc) is 1.97. The van der Waals surface area contributed by atoms with E-state index in [1.807, 2.05) is 27.7 Å². The van der Waals surface area contributed by atoms with Gasteiger partial charge >= 0.3 is 0 Å². The SMILES string of the molecule is C=C([C@H](C)C(=O)C(C)(C)C)C(C)(C)C. The highest BCUT2D eigenvalue weighted by Crippen LogP contribution is 2.33. The van der Waals surface area contributed by atoms with E-state index < -0.39 is 0 Å². The van der Waals surface area contributed by atoms with Crippen molar-refractivity contribution in [2.75, 3.05) is 0 Å². The number of carbonyl (C=O) groups excluding carboxylic acids is 1. The number of hydrogen-bond donors (Lipinski definition) is 0. The van der Waals surface area contributed by atoms with Crippen molar-refractivity contribution in [3.8, 4) is 0 Å². The lowest BCUT2D eigenvalue weighted by Crippen LogP contribution is -2.30. The first kappa shape index (κ1) is 13.4. The summed E-state index contributed by atoms with van der Waals surface area (Å²) >= 11 is 0. The lowest BCUT2D eigenvalue weighted by molar-refractivity contribution is -0.129. The molecule has 0 aromatic rings. The summed E-state index contributed by atoms with van der Waals surface area (Å²) in [5, 5.41) is 0. The van der Waals surface area contributed by atoms with E-state index in [1.165, 1.54) is 0 Å². The summed E-state index contributed by atoms with van der Waals surface area (Å²) in [4.78, 5) is 12.0. The van der Waals surface area contributed by atoms with Crippen LogP contribution in [0.5, 0.6) is 0 Å². The third-order valence-electron chi connectivity index (χ3n) is 2.62. The van der Waals surface area contributed by atoms with Crippen LogP contribution in [0.1, 0.15) is 48.5 Å². The van der Waals surface area contributed by atoms with E-state index in [4.69, 9.17) is 0 Å². The summed E-state index contributed by atoms with van der Waals surface area (Å²) in [5.41, 5.74) is 0.769. The average molecular weight is 196 g/mol. The second kappa shape index (κ2) is 3.88. The fourth-order valence-corrected chi connectivity index (χ4v) is 1.46. The van der Waals surface area contributed by atoms with Crippen molar-refractivity contribution in [1.29, 1.82) is 0 Å². The van der Waals surface area contributed by atoms with Gasteiger partial charge in [-0.15, -0.1) is 0 Å². The molecule has 0 aliphatic carbocycles. The van der Waals surface area contributed by atoms with Gasteiger partial charge in [-0.05, 0) is 5.41 Å². The van der Waals surface area contributed by atoms with E-state index in [1.54, 1.807) is 0 Å². The van der Waals surface area contributed by atoms with Crippen molar-refractivity contribution in [3.63, 3.8) is 0 Å². The summed E-state index contributed by atoms with van der Waals surface area (Å²) in [6.07, 6.45) is 0. The van der Waals surface area contributed by atoms with Gasteiger partial charge in [0, 0.05) is 11.3 Å². The van der Waals surface area contributed by atoms with E-state index in [0.29, 0.717) is 0 Å². The minimum atomic E-state index is -0.270. The Morgan fingerprint density at radius 3 is 1.57 bits per heavy atom. The summed E-state index contributed by atoms with van der Waals surface area (Å²) < 4.78 is 0. The first-order valence-electron chi connectivity index (χ1n) is 5.21. The fraction of sp³-hybridized carbons (Fsp3) is 0.769. The molecule has 0 bridgehead atoms. The van der Waals surface area contributed by atoms with Gasteiger partial charge in [0.15, 0.2) is 0 Å². The molecule has 0 aromatic heterocycles. The topological polar surface area (TPSA) is 17.1 Å². The number of ketones is 1. The Balaban J connectivity index is 4.74. The smallest absolute Gasteiger partial charge is 0.145 e. The molecule has 0 fully saturated rings. The van der Waals surface area contributed by atoms with Gasteiger partial charge in [-0.1, -0.05) is 60.6 Å². The fourth-order valence-electron chi connectivity index (χ4n) is 1.46. The Morgan fingerprint density at radius 2 is 1.36 bits per heavy atom. The van der Waals surface area contributed by atoms with Gasteiger partial charge in [0.1, 0.15) is 5.78 Å². The van der Waals surface area contributed by atoms with Gasteiger partial charge < -0.3 is 0 Å². The predicted octanol–water partition coefficient (Wildman–Crippen LogP) is 3.84. The van der Waals surface area contributed by atoms with Crippen LogP contribution in [-0.2, 0) is 4.79 Å². The van der Waals surface area contributed by atoms with Crippen molar-refractivity contribution in [3.05, 3.63) is 12.2 Å². The molecule has 0 amide bonds. The first-order valence-corrected chi connectivity index (χ1v) is 5.21. The van der Waals surface area contributed by atoms with Crippen LogP contribution in [0.25, 0.3) is 0 Å². The highest BCUT2D eigenvalue weighted by atomic mass is 16.1. The quantitative estimate of drug-likeness (QED) is 0.613. The van der Waals surface area contributed by atoms with Crippen LogP contribution in [0.3, 0.4) is 0 Å². The Kier molecular flexibility index (Phi) is 3.71. The molecule has 0 rings (SSSR count). The monoisotopic (exact) mass is 196 g/mol. The molecule has 0 aliphatic heterocycles. The van der Waals surface area contributed by atoms with E-state index in [-0.39, 0.29) is 22.5 Å². The molecule has 1 nitrogen and oxygen atoms in total. The highest BCUT2D eigenvalue weighted by Gasteiger charge is 2.31. The van der Waals surface area contributed by atoms with Crippen molar-refractivity contribution in [1.82, 2.24) is 0 Å². The largest absolute Gasteiger partial charge is 0.298 e. The Labute approximate surface area is 88.6 Å². The van der Waals surface area contributed by atoms with Crippen LogP contribution in [0, 0.1) is 16.7 Å². The van der Waals surface area contributed by atoms with Crippen molar-refractivity contribution in [2.45, 2.75) is 48.5 Å². The van der Waals surface area contributed by atoms with Crippen molar-refractivity contribution in [2.24, 2.45) is 16.7 Å². The van der Waals surface area contributed by atoms with Gasteiger partial charge in [-0.25, -0.2) is 0 Å². The minimum Gasteiger partial charge on any atom is -0.298 e. The first-order chi connectivity index (χ1) is 5.98. The number of hydrogen-bond acceptors (Lipinski definition) is 1. The molecule has 0 N–H and O–H groups in total. The van der Waals surface area contributed by atoms with Gasteiger partial charge in [0.25, 0.3) is 0 Å². The number of carbonyl (C=O) groups is 1. The maximum atomic E-state index is 12.0. The molecular weight excluding hydrogens is 172 g/mol. The molecule has 14 heavy (non-hydrogen) atoms. The maximum Gasteiger partial charge on any atom is 0.145 e. The summed E-state index contributed by atoms with van der Waals surface area (Å²) in [6.45, 7) is 18.2. The lowest BCUT2D eigenvalue weighted by Gasteiger charge is -2.30. The van der Waals surface area contributed by atoms with Crippen LogP contribution in [0.4, 0.5) is 0 Å². The van der Waals surface area contributed by atoms with Crippen molar-refractivity contribution >= 4 is 5.78 Å². The zero-order chi connectivity index (χ0) is 11.7. The minimum absolute atomic E-state index is 0.0142. The van der Waals surface area contributed by atoms with E-state index in [9.17, 15) is 4.79 Å². The van der Waals surface area contributed by atoms with Gasteiger partial charge in [-0.3, -0.25) is 4.79 Å². The second-order valence-electron chi connectivity index (χ2n) is 6.11. The predicted molar refractivity (Wildman–Crippen MR) is 62.2 cm³/mol. The molecule has 0 aromatic carbocycles. The lowest BCUT2D eigenvalue weighted by atomic mass is 9.73. The van der Waals surface area contributed by atoms with Gasteiger partial charge in [0.2, 0.25) is 0 Å². The van der Waals surface area contributed by atoms with Crippen LogP contribution in [-0.4, -0.2) is 5.78 Å². The molecular formula is C13H24O. The van der Waals surface area contributed by atoms with E-state index in [2.05, 4.69) is 27.4 Å². The highest BCUT2D eigenvalue weighted by molar-refractivity contribution is 5.88. The Morgan fingerprint density at radius 1 is 1.00 bits per heavy atom. The zero-order valence-electron chi connectivity index (χ0n) is 10.7. The molecule has 1 heteroatoms. The van der Waals surface area contributed by atoms with Crippen molar-refractivity contribution < 1.29 is 4.79 Å². The number of allylic oxidation sites excluding steroid dienone is 1. The van der Waals surface area contributed by atoms with Gasteiger partial charge in [0.05, 0.1) is 0 Å². The molecule has 0 radical (unpaired) electrons. The molecule has 0 spiro atoms. The van der Waals surface area contributed by atoms with Crippen LogP contribution in [0.2, 0.25) is 0 Å². The molecule has 0 aliphatic rings. The number of rotatable bonds is 2. The normalized spacial score (nSPS) is 15.1. The van der Waals surface area contributed by atoms with E-state index >= 15 is 0 Å². The molecule has 0 heterocycles. The second-order valence-corrected chi connectivity index (χ2v) is 6.11. The Hall–Kier alpha value is -0.590. The summed E-state index contributed by atoms with van der Waals surface area (Å²) in [6, 6.07) is 0. The van der Waals surface area contributed by atoms with Gasteiger partial charge in [-0.2, -0.15) is 0 Å². The zero-order valence-corrected chi connectivity index (χ0v) is 10.7. The summed E-state index contributed by atoms with van der Waals surface area (Å²) in [7, 11) is 0. The summed E-state index contributed by atoms with van der Waals surface area (Å²) in [5.74, 6) is 0.229. The molecule has 82 valence electrons. The van der Waals surface area contributed by atoms with E-state index in [0.717, 1.165) is 5.57 Å². The number of Topliss-reactive ketones (excluding diaryl/α,β-unsaturated/α-hetero) is 1. The molecule has 1 atom stereocenters. The third-order valence-corrected chi connectivity index (χ3v) is 2.62. The van der Waals surface area contributed by atoms with Crippen LogP contribution in [0.15, 0.2) is 12.2 Å². The maximum absolute atomic E-state index is 12.0. The van der Waals surface area contributed by atoms with Crippen LogP contribution >= 0.6 is 0 Å². The molecule has 0 unspecified atom stereocenters. The molecule has 0 saturated heterocycles. The Bertz CT molecular complexity index is 209. The molecule has 0 saturated carbocycles. The third kappa shape index (κ3) is 3.28. The standard InChI is InChI=1S/C13H24O/c1-9(10(2)12(3,4)5)11(14)13(6,7)8/h9H,2H2,1,3-8H3/t9-/m0/s1.